The zero-order chi connectivity index (χ0) is 18.0. The number of carbonyl (C=O) groups excluding carboxylic acids is 2. The second-order valence-corrected chi connectivity index (χ2v) is 6.86. The maximum atomic E-state index is 12.9. The van der Waals surface area contributed by atoms with Crippen LogP contribution in [0.25, 0.3) is 0 Å². The first-order chi connectivity index (χ1) is 11.2. The molecule has 0 amide bonds. The predicted octanol–water partition coefficient (Wildman–Crippen LogP) is 2.77. The van der Waals surface area contributed by atoms with Crippen molar-refractivity contribution in [2.75, 3.05) is 7.05 Å². The molecule has 1 aromatic carbocycles. The van der Waals surface area contributed by atoms with Gasteiger partial charge in [-0.25, -0.2) is 0 Å². The highest BCUT2D eigenvalue weighted by atomic mass is 35.5. The minimum absolute atomic E-state index is 0.0163. The van der Waals surface area contributed by atoms with Gasteiger partial charge in [0, 0.05) is 21.8 Å². The Morgan fingerprint density at radius 1 is 1.29 bits per heavy atom. The first-order valence-corrected chi connectivity index (χ1v) is 8.41. The van der Waals surface area contributed by atoms with Gasteiger partial charge in [0.25, 0.3) is 0 Å². The number of benzene rings is 1. The van der Waals surface area contributed by atoms with Crippen molar-refractivity contribution in [2.45, 2.75) is 40.3 Å². The zero-order valence-corrected chi connectivity index (χ0v) is 15.5. The maximum Gasteiger partial charge on any atom is 0.235 e. The Morgan fingerprint density at radius 2 is 1.96 bits per heavy atom. The van der Waals surface area contributed by atoms with E-state index in [0.29, 0.717) is 22.8 Å². The molecule has 4 nitrogen and oxygen atoms in total. The predicted molar refractivity (Wildman–Crippen MR) is 96.1 cm³/mol. The fourth-order valence-electron chi connectivity index (χ4n) is 3.09. The minimum Gasteiger partial charge on any atom is -0.355 e. The summed E-state index contributed by atoms with van der Waals surface area (Å²) in [5.41, 5.74) is 3.74. The molecule has 1 unspecified atom stereocenters. The molecule has 0 aliphatic carbocycles. The van der Waals surface area contributed by atoms with E-state index in [1.54, 1.807) is 0 Å². The van der Waals surface area contributed by atoms with E-state index in [2.05, 4.69) is 4.98 Å². The number of hydrogen-bond acceptors (Lipinski definition) is 2. The highest BCUT2D eigenvalue weighted by Crippen LogP contribution is 2.19. The fourth-order valence-corrected chi connectivity index (χ4v) is 3.30. The molecule has 0 spiro atoms. The van der Waals surface area contributed by atoms with Crippen molar-refractivity contribution in [3.63, 3.8) is 0 Å². The number of carbonyl (C=O) groups is 2. The van der Waals surface area contributed by atoms with Crippen molar-refractivity contribution >= 4 is 23.2 Å². The largest absolute Gasteiger partial charge is 0.355 e. The van der Waals surface area contributed by atoms with Gasteiger partial charge >= 0.3 is 0 Å². The molecule has 0 saturated heterocycles. The summed E-state index contributed by atoms with van der Waals surface area (Å²) in [7, 11) is 1.99. The number of aromatic nitrogens is 1. The highest BCUT2D eigenvalue weighted by molar-refractivity contribution is 6.30. The average Bonchev–Trinajstić information content (AvgIpc) is 2.80. The number of nitrogens with one attached hydrogen (secondary N) is 2. The van der Waals surface area contributed by atoms with E-state index < -0.39 is 0 Å². The SMILES string of the molecule is CC(=O)c1c(C)[nH]c(C(=O)[C@@H](C)[NH+](C)Cc2cccc(Cl)c2)c1C. The van der Waals surface area contributed by atoms with Gasteiger partial charge in [-0.2, -0.15) is 0 Å². The summed E-state index contributed by atoms with van der Waals surface area (Å²) < 4.78 is 0. The first-order valence-electron chi connectivity index (χ1n) is 8.03. The maximum absolute atomic E-state index is 12.9. The zero-order valence-electron chi connectivity index (χ0n) is 14.8. The summed E-state index contributed by atoms with van der Waals surface area (Å²) in [5.74, 6) is -0.00444. The monoisotopic (exact) mass is 347 g/mol. The molecule has 2 rings (SSSR count). The van der Waals surface area contributed by atoms with E-state index in [1.165, 1.54) is 6.92 Å². The van der Waals surface area contributed by atoms with Crippen molar-refractivity contribution in [3.05, 3.63) is 57.4 Å². The van der Waals surface area contributed by atoms with Gasteiger partial charge in [0.1, 0.15) is 6.54 Å². The molecule has 2 aromatic rings. The number of likely N-dealkylation sites (N-methyl/N-ethyl adjacent to an activating group) is 1. The lowest BCUT2D eigenvalue weighted by molar-refractivity contribution is -0.907. The lowest BCUT2D eigenvalue weighted by Crippen LogP contribution is -3.12. The molecule has 2 atom stereocenters. The molecule has 5 heteroatoms. The van der Waals surface area contributed by atoms with Crippen molar-refractivity contribution in [2.24, 2.45) is 0 Å². The van der Waals surface area contributed by atoms with Gasteiger partial charge < -0.3 is 9.88 Å². The Hall–Kier alpha value is -1.91. The fraction of sp³-hybridized carbons (Fsp3) is 0.368. The number of quaternary nitrogens is 1. The van der Waals surface area contributed by atoms with E-state index in [1.807, 2.05) is 52.1 Å². The second kappa shape index (κ2) is 7.32. The van der Waals surface area contributed by atoms with Crippen LogP contribution in [0.5, 0.6) is 0 Å². The summed E-state index contributed by atoms with van der Waals surface area (Å²) in [4.78, 5) is 28.8. The van der Waals surface area contributed by atoms with E-state index in [-0.39, 0.29) is 17.6 Å². The van der Waals surface area contributed by atoms with Crippen LogP contribution < -0.4 is 4.90 Å². The molecule has 0 aliphatic rings. The first kappa shape index (κ1) is 18.4. The molecule has 1 aromatic heterocycles. The van der Waals surface area contributed by atoms with Crippen molar-refractivity contribution in [1.82, 2.24) is 4.98 Å². The third kappa shape index (κ3) is 3.77. The second-order valence-electron chi connectivity index (χ2n) is 6.42. The molecular weight excluding hydrogens is 324 g/mol. The van der Waals surface area contributed by atoms with Crippen LogP contribution in [0.15, 0.2) is 24.3 Å². The Kier molecular flexibility index (Phi) is 5.62. The van der Waals surface area contributed by atoms with E-state index in [0.717, 1.165) is 21.7 Å². The topological polar surface area (TPSA) is 54.4 Å². The Bertz CT molecular complexity index is 780. The summed E-state index contributed by atoms with van der Waals surface area (Å²) >= 11 is 6.02. The van der Waals surface area contributed by atoms with E-state index >= 15 is 0 Å². The number of ketones is 2. The molecule has 0 aliphatic heterocycles. The number of H-pyrrole nitrogens is 1. The minimum atomic E-state index is -0.236. The molecule has 0 fully saturated rings. The van der Waals surface area contributed by atoms with Crippen LogP contribution in [0.2, 0.25) is 5.02 Å². The van der Waals surface area contributed by atoms with Gasteiger partial charge in [0.15, 0.2) is 11.8 Å². The number of Topliss-reactive ketones (excluding diaryl/α,β-unsaturated/α-hetero) is 2. The third-order valence-corrected chi connectivity index (χ3v) is 4.78. The van der Waals surface area contributed by atoms with Crippen LogP contribution in [-0.4, -0.2) is 29.6 Å². The molecule has 24 heavy (non-hydrogen) atoms. The molecule has 2 N–H and O–H groups in total. The lowest BCUT2D eigenvalue weighted by atomic mass is 10.0. The van der Waals surface area contributed by atoms with Crippen LogP contribution in [-0.2, 0) is 6.54 Å². The van der Waals surface area contributed by atoms with Crippen LogP contribution in [0.4, 0.5) is 0 Å². The molecule has 128 valence electrons. The Balaban J connectivity index is 2.20. The molecule has 0 saturated carbocycles. The van der Waals surface area contributed by atoms with Crippen molar-refractivity contribution in [3.8, 4) is 0 Å². The number of hydrogen-bond donors (Lipinski definition) is 2. The van der Waals surface area contributed by atoms with Crippen LogP contribution in [0, 0.1) is 13.8 Å². The molecule has 1 heterocycles. The summed E-state index contributed by atoms with van der Waals surface area (Å²) in [5, 5.41) is 0.696. The summed E-state index contributed by atoms with van der Waals surface area (Å²) in [6, 6.07) is 7.43. The van der Waals surface area contributed by atoms with Gasteiger partial charge in [-0.1, -0.05) is 23.7 Å². The quantitative estimate of drug-likeness (QED) is 0.789. The molecule has 0 radical (unpaired) electrons. The Morgan fingerprint density at radius 3 is 2.50 bits per heavy atom. The average molecular weight is 348 g/mol. The van der Waals surface area contributed by atoms with Gasteiger partial charge in [-0.15, -0.1) is 0 Å². The van der Waals surface area contributed by atoms with Crippen LogP contribution in [0.1, 0.15) is 51.5 Å². The summed E-state index contributed by atoms with van der Waals surface area (Å²) in [6.45, 7) is 7.79. The smallest absolute Gasteiger partial charge is 0.235 e. The number of rotatable bonds is 6. The van der Waals surface area contributed by atoms with E-state index in [4.69, 9.17) is 11.6 Å². The van der Waals surface area contributed by atoms with Crippen molar-refractivity contribution in [1.29, 1.82) is 0 Å². The third-order valence-electron chi connectivity index (χ3n) is 4.54. The standard InChI is InChI=1S/C19H23ClN2O2/c1-11-17(14(4)23)12(2)21-18(11)19(24)13(3)22(5)10-15-7-6-8-16(20)9-15/h6-9,13,21H,10H2,1-5H3/p+1/t13-/m1/s1. The lowest BCUT2D eigenvalue weighted by Gasteiger charge is -2.20. The molecule has 0 bridgehead atoms. The number of aromatic amines is 1. The van der Waals surface area contributed by atoms with Crippen LogP contribution in [0.3, 0.4) is 0 Å². The van der Waals surface area contributed by atoms with Gasteiger partial charge in [0.2, 0.25) is 5.78 Å². The molecular formula is C19H24ClN2O2+. The van der Waals surface area contributed by atoms with Crippen molar-refractivity contribution < 1.29 is 14.5 Å². The van der Waals surface area contributed by atoms with Gasteiger partial charge in [0.05, 0.1) is 12.7 Å². The van der Waals surface area contributed by atoms with Gasteiger partial charge in [-0.3, -0.25) is 9.59 Å². The highest BCUT2D eigenvalue weighted by Gasteiger charge is 2.28. The summed E-state index contributed by atoms with van der Waals surface area (Å²) in [6.07, 6.45) is 0. The van der Waals surface area contributed by atoms with Crippen LogP contribution >= 0.6 is 11.6 Å². The normalized spacial score (nSPS) is 13.6. The number of halogens is 1. The number of aryl methyl sites for hydroxylation is 1. The Labute approximate surface area is 147 Å². The van der Waals surface area contributed by atoms with E-state index in [9.17, 15) is 9.59 Å². The van der Waals surface area contributed by atoms with Gasteiger partial charge in [-0.05, 0) is 45.4 Å².